The first-order valence-electron chi connectivity index (χ1n) is 8.32. The minimum absolute atomic E-state index is 0. The van der Waals surface area contributed by atoms with Crippen LogP contribution in [0.5, 0.6) is 0 Å². The van der Waals surface area contributed by atoms with Crippen LogP contribution in [0, 0.1) is 0 Å². The number of hydrogen-bond acceptors (Lipinski definition) is 4. The predicted molar refractivity (Wildman–Crippen MR) is 125 cm³/mol. The van der Waals surface area contributed by atoms with Gasteiger partial charge in [0.05, 0.1) is 15.3 Å². The first-order chi connectivity index (χ1) is 11.7. The molecule has 25 heavy (non-hydrogen) atoms. The Morgan fingerprint density at radius 2 is 2.12 bits per heavy atom. The molecule has 2 aromatic heterocycles. The molecule has 0 amide bonds. The van der Waals surface area contributed by atoms with Crippen molar-refractivity contribution in [1.29, 1.82) is 0 Å². The van der Waals surface area contributed by atoms with Gasteiger partial charge in [-0.1, -0.05) is 0 Å². The molecule has 0 atom stereocenters. The van der Waals surface area contributed by atoms with Gasteiger partial charge in [0.2, 0.25) is 0 Å². The lowest BCUT2D eigenvalue weighted by Gasteiger charge is -2.33. The molecule has 3 rings (SSSR count). The number of nitrogens with zero attached hydrogens (tertiary/aromatic N) is 2. The fourth-order valence-corrected chi connectivity index (χ4v) is 4.99. The molecule has 0 spiro atoms. The maximum Gasteiger partial charge on any atom is 0.191 e. The van der Waals surface area contributed by atoms with Crippen molar-refractivity contribution in [2.75, 3.05) is 24.5 Å². The molecular weight excluding hydrogens is 531 g/mol. The van der Waals surface area contributed by atoms with Crippen LogP contribution in [0.1, 0.15) is 24.6 Å². The minimum atomic E-state index is 0. The van der Waals surface area contributed by atoms with Crippen molar-refractivity contribution in [3.05, 3.63) is 38.3 Å². The number of thiophene rings is 2. The van der Waals surface area contributed by atoms with Crippen LogP contribution in [0.15, 0.2) is 38.4 Å². The monoisotopic (exact) mass is 554 g/mol. The molecule has 4 nitrogen and oxygen atoms in total. The lowest BCUT2D eigenvalue weighted by atomic mass is 10.1. The fourth-order valence-electron chi connectivity index (χ4n) is 2.80. The zero-order valence-electron chi connectivity index (χ0n) is 14.2. The van der Waals surface area contributed by atoms with Crippen molar-refractivity contribution in [1.82, 2.24) is 10.6 Å². The molecule has 3 heterocycles. The minimum Gasteiger partial charge on any atom is -0.363 e. The van der Waals surface area contributed by atoms with Crippen LogP contribution in [-0.2, 0) is 6.54 Å². The Kier molecular flexibility index (Phi) is 9.01. The summed E-state index contributed by atoms with van der Waals surface area (Å²) in [6.07, 6.45) is 2.29. The molecule has 2 N–H and O–H groups in total. The average molecular weight is 555 g/mol. The second kappa shape index (κ2) is 10.7. The van der Waals surface area contributed by atoms with Gasteiger partial charge in [-0.25, -0.2) is 4.99 Å². The van der Waals surface area contributed by atoms with Gasteiger partial charge in [0, 0.05) is 30.6 Å². The van der Waals surface area contributed by atoms with E-state index in [9.17, 15) is 0 Å². The van der Waals surface area contributed by atoms with Crippen LogP contribution >= 0.6 is 62.6 Å². The maximum absolute atomic E-state index is 4.73. The highest BCUT2D eigenvalue weighted by molar-refractivity contribution is 14.0. The number of anilines is 1. The van der Waals surface area contributed by atoms with Crippen LogP contribution in [-0.4, -0.2) is 31.6 Å². The molecule has 8 heteroatoms. The zero-order valence-corrected chi connectivity index (χ0v) is 19.8. The summed E-state index contributed by atoms with van der Waals surface area (Å²) in [6, 6.07) is 9.04. The highest BCUT2D eigenvalue weighted by Gasteiger charge is 2.20. The van der Waals surface area contributed by atoms with E-state index in [0.717, 1.165) is 48.8 Å². The highest BCUT2D eigenvalue weighted by atomic mass is 127. The summed E-state index contributed by atoms with van der Waals surface area (Å²) in [5, 5.41) is 10.5. The number of guanidine groups is 1. The molecule has 2 aromatic rings. The summed E-state index contributed by atoms with van der Waals surface area (Å²) in [6.45, 7) is 5.93. The van der Waals surface area contributed by atoms with Crippen LogP contribution in [0.25, 0.3) is 0 Å². The molecule has 1 saturated heterocycles. The normalized spacial score (nSPS) is 15.8. The third-order valence-electron chi connectivity index (χ3n) is 4.02. The number of rotatable bonds is 5. The molecule has 138 valence electrons. The topological polar surface area (TPSA) is 39.7 Å². The Morgan fingerprint density at radius 1 is 1.32 bits per heavy atom. The predicted octanol–water partition coefficient (Wildman–Crippen LogP) is 4.91. The molecule has 0 saturated carbocycles. The van der Waals surface area contributed by atoms with Crippen molar-refractivity contribution in [3.8, 4) is 0 Å². The van der Waals surface area contributed by atoms with E-state index >= 15 is 0 Å². The number of hydrogen-bond donors (Lipinski definition) is 2. The quantitative estimate of drug-likeness (QED) is 0.313. The lowest BCUT2D eigenvalue weighted by Crippen LogP contribution is -2.48. The van der Waals surface area contributed by atoms with E-state index in [1.807, 2.05) is 11.3 Å². The van der Waals surface area contributed by atoms with E-state index < -0.39 is 0 Å². The Bertz CT molecular complexity index is 651. The van der Waals surface area contributed by atoms with Crippen molar-refractivity contribution in [3.63, 3.8) is 0 Å². The van der Waals surface area contributed by atoms with Crippen molar-refractivity contribution in [2.45, 2.75) is 32.4 Å². The Labute approximate surface area is 183 Å². The van der Waals surface area contributed by atoms with Crippen LogP contribution < -0.4 is 15.5 Å². The van der Waals surface area contributed by atoms with E-state index in [1.165, 1.54) is 9.88 Å². The second-order valence-electron chi connectivity index (χ2n) is 5.76. The van der Waals surface area contributed by atoms with E-state index in [-0.39, 0.29) is 24.0 Å². The molecule has 0 radical (unpaired) electrons. The number of halogens is 2. The second-order valence-corrected chi connectivity index (χ2v) is 9.23. The molecule has 0 aliphatic carbocycles. The van der Waals surface area contributed by atoms with Crippen LogP contribution in [0.3, 0.4) is 0 Å². The number of aliphatic imine (C=N–C) groups is 1. The van der Waals surface area contributed by atoms with Crippen molar-refractivity contribution < 1.29 is 0 Å². The van der Waals surface area contributed by atoms with Gasteiger partial charge in [0.25, 0.3) is 0 Å². The summed E-state index contributed by atoms with van der Waals surface area (Å²) >= 11 is 7.07. The van der Waals surface area contributed by atoms with Gasteiger partial charge >= 0.3 is 0 Å². The average Bonchev–Trinajstić information content (AvgIpc) is 3.25. The molecule has 1 aliphatic heterocycles. The Hall–Kier alpha value is -0.320. The SMILES string of the molecule is CCNC(=NCc1ccc(Br)s1)NC1CCN(c2cccs2)CC1.I. The van der Waals surface area contributed by atoms with E-state index in [1.54, 1.807) is 11.3 Å². The molecule has 1 fully saturated rings. The van der Waals surface area contributed by atoms with Gasteiger partial charge in [-0.2, -0.15) is 0 Å². The van der Waals surface area contributed by atoms with Gasteiger partial charge in [-0.15, -0.1) is 46.7 Å². The summed E-state index contributed by atoms with van der Waals surface area (Å²) in [7, 11) is 0. The van der Waals surface area contributed by atoms with E-state index in [0.29, 0.717) is 6.04 Å². The van der Waals surface area contributed by atoms with E-state index in [4.69, 9.17) is 4.99 Å². The largest absolute Gasteiger partial charge is 0.363 e. The maximum atomic E-state index is 4.73. The summed E-state index contributed by atoms with van der Waals surface area (Å²) in [5.74, 6) is 0.927. The smallest absolute Gasteiger partial charge is 0.191 e. The summed E-state index contributed by atoms with van der Waals surface area (Å²) < 4.78 is 1.16. The molecular formula is C17H24BrIN4S2. The number of piperidine rings is 1. The highest BCUT2D eigenvalue weighted by Crippen LogP contribution is 2.25. The first-order valence-corrected chi connectivity index (χ1v) is 10.8. The van der Waals surface area contributed by atoms with Gasteiger partial charge in [-0.3, -0.25) is 0 Å². The molecule has 1 aliphatic rings. The van der Waals surface area contributed by atoms with Crippen LogP contribution in [0.4, 0.5) is 5.00 Å². The molecule has 0 bridgehead atoms. The van der Waals surface area contributed by atoms with Gasteiger partial charge in [0.1, 0.15) is 0 Å². The van der Waals surface area contributed by atoms with E-state index in [2.05, 4.69) is 68.0 Å². The zero-order chi connectivity index (χ0) is 16.8. The van der Waals surface area contributed by atoms with Gasteiger partial charge < -0.3 is 15.5 Å². The molecule has 0 unspecified atom stereocenters. The third kappa shape index (κ3) is 6.41. The third-order valence-corrected chi connectivity index (χ3v) is 6.56. The van der Waals surface area contributed by atoms with Gasteiger partial charge in [0.15, 0.2) is 5.96 Å². The summed E-state index contributed by atoms with van der Waals surface area (Å²) in [5.41, 5.74) is 0. The standard InChI is InChI=1S/C17H23BrN4S2.HI/c1-2-19-17(20-12-14-5-6-15(18)24-14)21-13-7-9-22(10-8-13)16-4-3-11-23-16;/h3-6,11,13H,2,7-10,12H2,1H3,(H2,19,20,21);1H. The first kappa shape index (κ1) is 21.0. The van der Waals surface area contributed by atoms with Crippen molar-refractivity contribution in [2.24, 2.45) is 4.99 Å². The lowest BCUT2D eigenvalue weighted by molar-refractivity contribution is 0.463. The van der Waals surface area contributed by atoms with Gasteiger partial charge in [-0.05, 0) is 65.3 Å². The fraction of sp³-hybridized carbons (Fsp3) is 0.471. The Morgan fingerprint density at radius 3 is 2.72 bits per heavy atom. The van der Waals surface area contributed by atoms with Crippen LogP contribution in [0.2, 0.25) is 0 Å². The number of nitrogens with one attached hydrogen (secondary N) is 2. The molecule has 0 aromatic carbocycles. The summed E-state index contributed by atoms with van der Waals surface area (Å²) in [4.78, 5) is 8.48. The Balaban J connectivity index is 0.00000225. The van der Waals surface area contributed by atoms with Crippen molar-refractivity contribution >= 4 is 73.5 Å².